The van der Waals surface area contributed by atoms with Gasteiger partial charge in [0.15, 0.2) is 17.7 Å². The maximum Gasteiger partial charge on any atom is 0.170 e. The van der Waals surface area contributed by atoms with Crippen LogP contribution < -0.4 is 0 Å². The molecule has 2 rings (SSSR count). The molecule has 1 heterocycles. The van der Waals surface area contributed by atoms with Crippen LogP contribution in [-0.2, 0) is 15.1 Å². The van der Waals surface area contributed by atoms with Gasteiger partial charge in [-0.3, -0.25) is 0 Å². The van der Waals surface area contributed by atoms with Crippen molar-refractivity contribution in [1.82, 2.24) is 0 Å². The van der Waals surface area contributed by atoms with Crippen molar-refractivity contribution in [2.45, 2.75) is 25.2 Å². The Labute approximate surface area is 110 Å². The molecule has 4 nitrogen and oxygen atoms in total. The molecule has 0 fully saturated rings. The predicted octanol–water partition coefficient (Wildman–Crippen LogP) is 2.79. The maximum atomic E-state index is 13.6. The molecule has 19 heavy (non-hydrogen) atoms. The minimum Gasteiger partial charge on any atom is -0.455 e. The summed E-state index contributed by atoms with van der Waals surface area (Å²) in [6, 6.07) is 6.27. The van der Waals surface area contributed by atoms with E-state index in [4.69, 9.17) is 13.9 Å². The molecule has 5 heteroatoms. The van der Waals surface area contributed by atoms with Crippen molar-refractivity contribution in [3.05, 3.63) is 35.8 Å². The number of benzene rings is 1. The van der Waals surface area contributed by atoms with E-state index in [0.29, 0.717) is 5.39 Å². The molecule has 1 aromatic carbocycles. The molecular weight excluding hydrogens is 251 g/mol. The van der Waals surface area contributed by atoms with Crippen molar-refractivity contribution in [1.29, 1.82) is 0 Å². The summed E-state index contributed by atoms with van der Waals surface area (Å²) in [5.41, 5.74) is -1.16. The average Bonchev–Trinajstić information content (AvgIpc) is 2.82. The molecule has 0 aliphatic carbocycles. The second-order valence-electron chi connectivity index (χ2n) is 4.65. The number of furan rings is 1. The number of ether oxygens (including phenoxy) is 2. The summed E-state index contributed by atoms with van der Waals surface area (Å²) in [5.74, 6) is -0.165. The summed E-state index contributed by atoms with van der Waals surface area (Å²) < 4.78 is 29.1. The van der Waals surface area contributed by atoms with Crippen LogP contribution in [0.25, 0.3) is 11.0 Å². The first-order valence-corrected chi connectivity index (χ1v) is 5.94. The first-order chi connectivity index (χ1) is 8.97. The van der Waals surface area contributed by atoms with Crippen LogP contribution in [0.4, 0.5) is 4.39 Å². The highest BCUT2D eigenvalue weighted by atomic mass is 19.1. The Hall–Kier alpha value is -1.43. The van der Waals surface area contributed by atoms with E-state index in [1.165, 1.54) is 20.3 Å². The van der Waals surface area contributed by atoms with E-state index in [9.17, 15) is 9.50 Å². The van der Waals surface area contributed by atoms with Gasteiger partial charge in [-0.2, -0.15) is 0 Å². The number of fused-ring (bicyclic) bond motifs is 1. The number of aliphatic hydroxyl groups is 1. The van der Waals surface area contributed by atoms with Gasteiger partial charge in [0.25, 0.3) is 0 Å². The molecule has 0 aliphatic rings. The smallest absolute Gasteiger partial charge is 0.170 e. The zero-order chi connectivity index (χ0) is 14.0. The SMILES string of the molecule is COC(CC(C)(O)c1cc2cccc(F)c2o1)OC. The van der Waals surface area contributed by atoms with Gasteiger partial charge in [-0.1, -0.05) is 12.1 Å². The minimum atomic E-state index is -1.30. The summed E-state index contributed by atoms with van der Waals surface area (Å²) in [5, 5.41) is 11.0. The fourth-order valence-electron chi connectivity index (χ4n) is 1.98. The van der Waals surface area contributed by atoms with Crippen molar-refractivity contribution in [2.24, 2.45) is 0 Å². The number of rotatable bonds is 5. The van der Waals surface area contributed by atoms with E-state index in [1.807, 2.05) is 0 Å². The summed E-state index contributed by atoms with van der Waals surface area (Å²) in [7, 11) is 2.98. The van der Waals surface area contributed by atoms with Crippen LogP contribution in [0, 0.1) is 5.82 Å². The van der Waals surface area contributed by atoms with Crippen molar-refractivity contribution in [3.8, 4) is 0 Å². The fourth-order valence-corrected chi connectivity index (χ4v) is 1.98. The number of hydrogen-bond acceptors (Lipinski definition) is 4. The zero-order valence-electron chi connectivity index (χ0n) is 11.1. The molecule has 0 bridgehead atoms. The maximum absolute atomic E-state index is 13.6. The second-order valence-corrected chi connectivity index (χ2v) is 4.65. The first kappa shape index (κ1) is 14.0. The van der Waals surface area contributed by atoms with Gasteiger partial charge in [0.2, 0.25) is 0 Å². The summed E-state index contributed by atoms with van der Waals surface area (Å²) >= 11 is 0. The van der Waals surface area contributed by atoms with Gasteiger partial charge in [-0.05, 0) is 19.1 Å². The van der Waals surface area contributed by atoms with Crippen LogP contribution in [0.5, 0.6) is 0 Å². The summed E-state index contributed by atoms with van der Waals surface area (Å²) in [6.45, 7) is 1.58. The third-order valence-corrected chi connectivity index (χ3v) is 3.12. The topological polar surface area (TPSA) is 51.8 Å². The van der Waals surface area contributed by atoms with Crippen LogP contribution in [0.3, 0.4) is 0 Å². The van der Waals surface area contributed by atoms with Gasteiger partial charge in [-0.25, -0.2) is 4.39 Å². The Morgan fingerprint density at radius 2 is 2.05 bits per heavy atom. The number of methoxy groups -OCH3 is 2. The molecule has 1 N–H and O–H groups in total. The highest BCUT2D eigenvalue weighted by Gasteiger charge is 2.31. The standard InChI is InChI=1S/C14H17FO4/c1-14(16,8-12(17-2)18-3)11-7-9-5-4-6-10(15)13(9)19-11/h4-7,12,16H,8H2,1-3H3. The number of hydrogen-bond donors (Lipinski definition) is 1. The Balaban J connectivity index is 2.34. The van der Waals surface area contributed by atoms with E-state index in [2.05, 4.69) is 0 Å². The van der Waals surface area contributed by atoms with Crippen molar-refractivity contribution >= 4 is 11.0 Å². The molecule has 0 radical (unpaired) electrons. The highest BCUT2D eigenvalue weighted by Crippen LogP contribution is 2.32. The van der Waals surface area contributed by atoms with Gasteiger partial charge in [0.05, 0.1) is 0 Å². The third kappa shape index (κ3) is 2.78. The van der Waals surface area contributed by atoms with Crippen LogP contribution in [-0.4, -0.2) is 25.6 Å². The molecule has 1 aromatic heterocycles. The van der Waals surface area contributed by atoms with E-state index in [1.54, 1.807) is 25.1 Å². The third-order valence-electron chi connectivity index (χ3n) is 3.12. The number of halogens is 1. The monoisotopic (exact) mass is 268 g/mol. The second kappa shape index (κ2) is 5.28. The molecule has 1 unspecified atom stereocenters. The lowest BCUT2D eigenvalue weighted by Gasteiger charge is -2.24. The van der Waals surface area contributed by atoms with E-state index in [-0.39, 0.29) is 17.8 Å². The summed E-state index contributed by atoms with van der Waals surface area (Å²) in [4.78, 5) is 0. The van der Waals surface area contributed by atoms with Crippen molar-refractivity contribution in [2.75, 3.05) is 14.2 Å². The molecule has 1 atom stereocenters. The lowest BCUT2D eigenvalue weighted by molar-refractivity contribution is -0.145. The molecular formula is C14H17FO4. The predicted molar refractivity (Wildman–Crippen MR) is 68.2 cm³/mol. The molecule has 2 aromatic rings. The number of para-hydroxylation sites is 1. The van der Waals surface area contributed by atoms with Crippen LogP contribution in [0.1, 0.15) is 19.1 Å². The van der Waals surface area contributed by atoms with Crippen LogP contribution >= 0.6 is 0 Å². The van der Waals surface area contributed by atoms with Crippen LogP contribution in [0.15, 0.2) is 28.7 Å². The highest BCUT2D eigenvalue weighted by molar-refractivity contribution is 5.78. The van der Waals surface area contributed by atoms with Gasteiger partial charge in [-0.15, -0.1) is 0 Å². The molecule has 0 amide bonds. The largest absolute Gasteiger partial charge is 0.455 e. The van der Waals surface area contributed by atoms with Crippen molar-refractivity contribution < 1.29 is 23.4 Å². The molecule has 104 valence electrons. The normalized spacial score (nSPS) is 15.1. The van der Waals surface area contributed by atoms with E-state index >= 15 is 0 Å². The summed E-state index contributed by atoms with van der Waals surface area (Å²) in [6.07, 6.45) is -0.380. The quantitative estimate of drug-likeness (QED) is 0.847. The van der Waals surface area contributed by atoms with Gasteiger partial charge in [0.1, 0.15) is 11.4 Å². The molecule has 0 saturated carbocycles. The minimum absolute atomic E-state index is 0.143. The van der Waals surface area contributed by atoms with Crippen LogP contribution in [0.2, 0.25) is 0 Å². The van der Waals surface area contributed by atoms with Gasteiger partial charge >= 0.3 is 0 Å². The zero-order valence-corrected chi connectivity index (χ0v) is 11.1. The molecule has 0 saturated heterocycles. The Bertz CT molecular complexity index is 558. The van der Waals surface area contributed by atoms with Gasteiger partial charge < -0.3 is 19.0 Å². The van der Waals surface area contributed by atoms with Gasteiger partial charge in [0, 0.05) is 26.0 Å². The fraction of sp³-hybridized carbons (Fsp3) is 0.429. The van der Waals surface area contributed by atoms with E-state index in [0.717, 1.165) is 0 Å². The van der Waals surface area contributed by atoms with E-state index < -0.39 is 17.7 Å². The van der Waals surface area contributed by atoms with Crippen molar-refractivity contribution in [3.63, 3.8) is 0 Å². The Kier molecular flexibility index (Phi) is 3.89. The lowest BCUT2D eigenvalue weighted by atomic mass is 9.98. The Morgan fingerprint density at radius 1 is 1.37 bits per heavy atom. The molecule has 0 aliphatic heterocycles. The lowest BCUT2D eigenvalue weighted by Crippen LogP contribution is -2.29. The first-order valence-electron chi connectivity index (χ1n) is 5.94. The molecule has 0 spiro atoms. The average molecular weight is 268 g/mol. The Morgan fingerprint density at radius 3 is 2.63 bits per heavy atom.